The van der Waals surface area contributed by atoms with Crippen LogP contribution in [0.15, 0.2) is 42.5 Å². The van der Waals surface area contributed by atoms with Crippen LogP contribution in [0, 0.1) is 0 Å². The minimum Gasteiger partial charge on any atom is -0.481 e. The van der Waals surface area contributed by atoms with E-state index in [0.29, 0.717) is 12.2 Å². The van der Waals surface area contributed by atoms with Crippen LogP contribution in [0.2, 0.25) is 0 Å². The van der Waals surface area contributed by atoms with Gasteiger partial charge in [-0.15, -0.1) is 0 Å². The topological polar surface area (TPSA) is 79.5 Å². The summed E-state index contributed by atoms with van der Waals surface area (Å²) in [5.41, 5.74) is 4.94. The fraction of sp³-hybridized carbons (Fsp3) is 0.316. The maximum Gasteiger partial charge on any atom is 0.279 e. The highest BCUT2D eigenvalue weighted by molar-refractivity contribution is 7.80. The van der Waals surface area contributed by atoms with Gasteiger partial charge < -0.3 is 10.1 Å². The van der Waals surface area contributed by atoms with E-state index in [9.17, 15) is 9.59 Å². The van der Waals surface area contributed by atoms with Crippen molar-refractivity contribution in [3.8, 4) is 5.75 Å². The van der Waals surface area contributed by atoms with Crippen molar-refractivity contribution in [2.24, 2.45) is 0 Å². The lowest BCUT2D eigenvalue weighted by molar-refractivity contribution is -0.128. The van der Waals surface area contributed by atoms with Gasteiger partial charge in [0, 0.05) is 6.42 Å². The van der Waals surface area contributed by atoms with Gasteiger partial charge in [0.25, 0.3) is 5.91 Å². The molecule has 26 heavy (non-hydrogen) atoms. The van der Waals surface area contributed by atoms with Gasteiger partial charge in [-0.1, -0.05) is 43.7 Å². The van der Waals surface area contributed by atoms with Crippen LogP contribution in [0.25, 0.3) is 10.8 Å². The third-order valence-corrected chi connectivity index (χ3v) is 3.92. The standard InChI is InChI=1S/C19H23N3O3S/c1-3-4-9-17(23)20-19(26)22-21-18(24)13(2)25-16-11-10-14-7-5-6-8-15(14)12-16/h5-8,10-13H,3-4,9H2,1-2H3,(H,21,24)(H2,20,22,23,26). The highest BCUT2D eigenvalue weighted by Crippen LogP contribution is 2.21. The summed E-state index contributed by atoms with van der Waals surface area (Å²) in [4.78, 5) is 23.7. The van der Waals surface area contributed by atoms with Gasteiger partial charge in [0.2, 0.25) is 5.91 Å². The Hall–Kier alpha value is -2.67. The van der Waals surface area contributed by atoms with Gasteiger partial charge in [-0.3, -0.25) is 20.4 Å². The summed E-state index contributed by atoms with van der Waals surface area (Å²) in [5, 5.41) is 4.69. The molecule has 0 aliphatic carbocycles. The quantitative estimate of drug-likeness (QED) is 0.536. The Kier molecular flexibility index (Phi) is 7.35. The Balaban J connectivity index is 1.81. The van der Waals surface area contributed by atoms with Crippen LogP contribution in [0.1, 0.15) is 33.1 Å². The fourth-order valence-electron chi connectivity index (χ4n) is 2.28. The van der Waals surface area contributed by atoms with Gasteiger partial charge >= 0.3 is 0 Å². The van der Waals surface area contributed by atoms with Crippen molar-refractivity contribution in [2.45, 2.75) is 39.2 Å². The lowest BCUT2D eigenvalue weighted by atomic mass is 10.1. The predicted octanol–water partition coefficient (Wildman–Crippen LogP) is 2.82. The van der Waals surface area contributed by atoms with E-state index in [1.807, 2.05) is 49.4 Å². The summed E-state index contributed by atoms with van der Waals surface area (Å²) >= 11 is 4.97. The molecule has 2 aromatic rings. The molecule has 0 heterocycles. The average Bonchev–Trinajstić information content (AvgIpc) is 2.64. The minimum absolute atomic E-state index is 0.0531. The molecule has 0 aromatic heterocycles. The lowest BCUT2D eigenvalue weighted by Crippen LogP contribution is -2.51. The summed E-state index contributed by atoms with van der Waals surface area (Å²) < 4.78 is 5.67. The van der Waals surface area contributed by atoms with Crippen molar-refractivity contribution in [3.05, 3.63) is 42.5 Å². The molecule has 7 heteroatoms. The Morgan fingerprint density at radius 1 is 1.12 bits per heavy atom. The normalized spacial score (nSPS) is 11.5. The summed E-state index contributed by atoms with van der Waals surface area (Å²) in [5.74, 6) is 0.0178. The zero-order chi connectivity index (χ0) is 18.9. The van der Waals surface area contributed by atoms with Crippen molar-refractivity contribution in [1.82, 2.24) is 16.2 Å². The molecule has 0 spiro atoms. The molecule has 3 N–H and O–H groups in total. The number of nitrogens with one attached hydrogen (secondary N) is 3. The van der Waals surface area contributed by atoms with Crippen molar-refractivity contribution in [1.29, 1.82) is 0 Å². The summed E-state index contributed by atoms with van der Waals surface area (Å²) in [6.45, 7) is 3.64. The molecule has 0 radical (unpaired) electrons. The van der Waals surface area contributed by atoms with Crippen LogP contribution in [0.4, 0.5) is 0 Å². The molecule has 0 aliphatic rings. The van der Waals surface area contributed by atoms with Crippen molar-refractivity contribution >= 4 is 39.9 Å². The maximum absolute atomic E-state index is 12.1. The van der Waals surface area contributed by atoms with E-state index < -0.39 is 12.0 Å². The first-order valence-corrected chi connectivity index (χ1v) is 8.95. The van der Waals surface area contributed by atoms with Crippen molar-refractivity contribution < 1.29 is 14.3 Å². The van der Waals surface area contributed by atoms with E-state index in [-0.39, 0.29) is 11.0 Å². The summed E-state index contributed by atoms with van der Waals surface area (Å²) in [6.07, 6.45) is 1.38. The number of rotatable bonds is 6. The molecule has 0 aliphatic heterocycles. The smallest absolute Gasteiger partial charge is 0.279 e. The van der Waals surface area contributed by atoms with Crippen LogP contribution >= 0.6 is 12.2 Å². The molecule has 6 nitrogen and oxygen atoms in total. The number of benzene rings is 2. The number of unbranched alkanes of at least 4 members (excludes halogenated alkanes) is 1. The molecule has 0 saturated heterocycles. The number of hydrogen-bond donors (Lipinski definition) is 3. The predicted molar refractivity (Wildman–Crippen MR) is 106 cm³/mol. The number of hydrogen-bond acceptors (Lipinski definition) is 4. The molecular weight excluding hydrogens is 350 g/mol. The molecule has 1 atom stereocenters. The van der Waals surface area contributed by atoms with Crippen molar-refractivity contribution in [2.75, 3.05) is 0 Å². The number of carbonyl (C=O) groups is 2. The molecular formula is C19H23N3O3S. The van der Waals surface area contributed by atoms with E-state index in [4.69, 9.17) is 17.0 Å². The number of hydrazine groups is 1. The molecule has 2 aromatic carbocycles. The molecule has 0 fully saturated rings. The highest BCUT2D eigenvalue weighted by atomic mass is 32.1. The Morgan fingerprint density at radius 2 is 1.85 bits per heavy atom. The second-order valence-electron chi connectivity index (χ2n) is 5.86. The first-order chi connectivity index (χ1) is 12.5. The summed E-state index contributed by atoms with van der Waals surface area (Å²) in [6, 6.07) is 13.5. The SMILES string of the molecule is CCCCC(=O)NC(=S)NNC(=O)C(C)Oc1ccc2ccccc2c1. The Labute approximate surface area is 158 Å². The number of ether oxygens (including phenoxy) is 1. The highest BCUT2D eigenvalue weighted by Gasteiger charge is 2.15. The molecule has 0 saturated carbocycles. The molecule has 2 amide bonds. The number of carbonyl (C=O) groups excluding carboxylic acids is 2. The van der Waals surface area contributed by atoms with E-state index >= 15 is 0 Å². The number of thiocarbonyl (C=S) groups is 1. The zero-order valence-electron chi connectivity index (χ0n) is 14.9. The first kappa shape index (κ1) is 19.7. The van der Waals surface area contributed by atoms with Crippen LogP contribution in [-0.2, 0) is 9.59 Å². The Morgan fingerprint density at radius 3 is 2.58 bits per heavy atom. The van der Waals surface area contributed by atoms with E-state index in [2.05, 4.69) is 16.2 Å². The first-order valence-electron chi connectivity index (χ1n) is 8.54. The maximum atomic E-state index is 12.1. The van der Waals surface area contributed by atoms with Crippen LogP contribution in [0.3, 0.4) is 0 Å². The van der Waals surface area contributed by atoms with Gasteiger partial charge in [0.15, 0.2) is 11.2 Å². The molecule has 1 unspecified atom stereocenters. The molecule has 138 valence electrons. The van der Waals surface area contributed by atoms with Crippen LogP contribution < -0.4 is 20.9 Å². The minimum atomic E-state index is -0.734. The van der Waals surface area contributed by atoms with Gasteiger partial charge in [0.05, 0.1) is 0 Å². The largest absolute Gasteiger partial charge is 0.481 e. The third-order valence-electron chi connectivity index (χ3n) is 3.71. The van der Waals surface area contributed by atoms with E-state index in [1.54, 1.807) is 6.92 Å². The molecule has 0 bridgehead atoms. The average molecular weight is 373 g/mol. The Bertz CT molecular complexity index is 794. The van der Waals surface area contributed by atoms with Gasteiger partial charge in [-0.25, -0.2) is 0 Å². The third kappa shape index (κ3) is 6.00. The second kappa shape index (κ2) is 9.72. The van der Waals surface area contributed by atoms with E-state index in [0.717, 1.165) is 23.6 Å². The number of fused-ring (bicyclic) bond motifs is 1. The lowest BCUT2D eigenvalue weighted by Gasteiger charge is -2.16. The zero-order valence-corrected chi connectivity index (χ0v) is 15.7. The second-order valence-corrected chi connectivity index (χ2v) is 6.27. The van der Waals surface area contributed by atoms with Crippen molar-refractivity contribution in [3.63, 3.8) is 0 Å². The monoisotopic (exact) mass is 373 g/mol. The fourth-order valence-corrected chi connectivity index (χ4v) is 2.44. The molecule has 2 rings (SSSR count). The van der Waals surface area contributed by atoms with Gasteiger partial charge in [-0.2, -0.15) is 0 Å². The van der Waals surface area contributed by atoms with Crippen LogP contribution in [0.5, 0.6) is 5.75 Å². The summed E-state index contributed by atoms with van der Waals surface area (Å²) in [7, 11) is 0. The van der Waals surface area contributed by atoms with Gasteiger partial charge in [-0.05, 0) is 48.5 Å². The number of amides is 2. The van der Waals surface area contributed by atoms with Crippen LogP contribution in [-0.4, -0.2) is 23.0 Å². The van der Waals surface area contributed by atoms with Gasteiger partial charge in [0.1, 0.15) is 5.75 Å². The van der Waals surface area contributed by atoms with E-state index in [1.165, 1.54) is 0 Å².